The van der Waals surface area contributed by atoms with Gasteiger partial charge in [0.25, 0.3) is 11.8 Å². The Morgan fingerprint density at radius 2 is 1.93 bits per heavy atom. The van der Waals surface area contributed by atoms with Crippen molar-refractivity contribution in [2.45, 2.75) is 20.0 Å². The molecule has 30 heavy (non-hydrogen) atoms. The fraction of sp³-hybridized carbons (Fsp3) is 0.136. The van der Waals surface area contributed by atoms with Crippen molar-refractivity contribution < 1.29 is 14.3 Å². The van der Waals surface area contributed by atoms with Gasteiger partial charge in [-0.1, -0.05) is 34.1 Å². The molecule has 0 radical (unpaired) electrons. The van der Waals surface area contributed by atoms with E-state index in [-0.39, 0.29) is 11.8 Å². The normalized spacial score (nSPS) is 11.3. The number of rotatable bonds is 7. The van der Waals surface area contributed by atoms with Gasteiger partial charge in [0.1, 0.15) is 11.4 Å². The summed E-state index contributed by atoms with van der Waals surface area (Å²) in [4.78, 5) is 29.6. The van der Waals surface area contributed by atoms with Gasteiger partial charge in [-0.25, -0.2) is 4.98 Å². The Labute approximate surface area is 187 Å². The van der Waals surface area contributed by atoms with Crippen molar-refractivity contribution in [1.82, 2.24) is 10.3 Å². The highest BCUT2D eigenvalue weighted by molar-refractivity contribution is 9.10. The third-order valence-electron chi connectivity index (χ3n) is 3.80. The van der Waals surface area contributed by atoms with Crippen LogP contribution in [-0.2, 0) is 4.79 Å². The number of nitrogens with one attached hydrogen (secondary N) is 2. The second-order valence-electron chi connectivity index (χ2n) is 6.55. The third kappa shape index (κ3) is 6.27. The third-order valence-corrected chi connectivity index (χ3v) is 4.98. The van der Waals surface area contributed by atoms with Crippen molar-refractivity contribution in [3.05, 3.63) is 81.4 Å². The van der Waals surface area contributed by atoms with E-state index in [0.29, 0.717) is 10.7 Å². The largest absolute Gasteiger partial charge is 0.491 e. The maximum atomic E-state index is 12.8. The van der Waals surface area contributed by atoms with E-state index < -0.39 is 11.8 Å². The fourth-order valence-electron chi connectivity index (χ4n) is 2.51. The molecule has 0 spiro atoms. The number of aromatic nitrogens is 1. The Balaban J connectivity index is 1.85. The average molecular weight is 486 g/mol. The Kier molecular flexibility index (Phi) is 7.37. The summed E-state index contributed by atoms with van der Waals surface area (Å²) < 4.78 is 6.42. The molecule has 1 heterocycles. The monoisotopic (exact) mass is 485 g/mol. The molecule has 154 valence electrons. The molecule has 0 aliphatic carbocycles. The second-order valence-corrected chi connectivity index (χ2v) is 8.36. The van der Waals surface area contributed by atoms with Crippen LogP contribution in [0.2, 0.25) is 0 Å². The number of carbonyl (C=O) groups excluding carboxylic acids is 2. The van der Waals surface area contributed by atoms with E-state index in [1.165, 1.54) is 11.3 Å². The van der Waals surface area contributed by atoms with Gasteiger partial charge < -0.3 is 10.1 Å². The number of ether oxygens (including phenoxy) is 1. The van der Waals surface area contributed by atoms with E-state index in [1.54, 1.807) is 35.9 Å². The van der Waals surface area contributed by atoms with Crippen molar-refractivity contribution in [2.75, 3.05) is 5.32 Å². The zero-order valence-corrected chi connectivity index (χ0v) is 18.8. The van der Waals surface area contributed by atoms with Crippen LogP contribution in [0, 0.1) is 0 Å². The van der Waals surface area contributed by atoms with Crippen molar-refractivity contribution in [3.8, 4) is 5.75 Å². The molecule has 0 fully saturated rings. The minimum Gasteiger partial charge on any atom is -0.491 e. The summed E-state index contributed by atoms with van der Waals surface area (Å²) in [6.07, 6.45) is 3.27. The number of halogens is 1. The molecule has 0 saturated heterocycles. The van der Waals surface area contributed by atoms with E-state index >= 15 is 0 Å². The Bertz CT molecular complexity index is 1050. The lowest BCUT2D eigenvalue weighted by Crippen LogP contribution is -2.30. The van der Waals surface area contributed by atoms with Gasteiger partial charge in [0.2, 0.25) is 0 Å². The summed E-state index contributed by atoms with van der Waals surface area (Å²) >= 11 is 4.64. The molecule has 0 unspecified atom stereocenters. The summed E-state index contributed by atoms with van der Waals surface area (Å²) in [5.41, 5.74) is 1.27. The summed E-state index contributed by atoms with van der Waals surface area (Å²) in [7, 11) is 0. The maximum Gasteiger partial charge on any atom is 0.273 e. The first-order valence-electron chi connectivity index (χ1n) is 9.17. The number of hydrogen-bond acceptors (Lipinski definition) is 5. The lowest BCUT2D eigenvalue weighted by Gasteiger charge is -2.11. The molecule has 0 atom stereocenters. The zero-order chi connectivity index (χ0) is 21.5. The number of nitrogens with zero attached hydrogens (tertiary/aromatic N) is 1. The number of thiazole rings is 1. The highest BCUT2D eigenvalue weighted by atomic mass is 79.9. The second kappa shape index (κ2) is 10.2. The summed E-state index contributed by atoms with van der Waals surface area (Å²) in [6, 6.07) is 14.2. The quantitative estimate of drug-likeness (QED) is 0.456. The van der Waals surface area contributed by atoms with E-state index in [9.17, 15) is 9.59 Å². The van der Waals surface area contributed by atoms with E-state index in [4.69, 9.17) is 4.74 Å². The van der Waals surface area contributed by atoms with Gasteiger partial charge in [-0.2, -0.15) is 0 Å². The van der Waals surface area contributed by atoms with Crippen molar-refractivity contribution >= 4 is 50.3 Å². The lowest BCUT2D eigenvalue weighted by molar-refractivity contribution is -0.113. The molecule has 3 rings (SSSR count). The highest BCUT2D eigenvalue weighted by Gasteiger charge is 2.16. The van der Waals surface area contributed by atoms with Crippen molar-refractivity contribution in [3.63, 3.8) is 0 Å². The van der Waals surface area contributed by atoms with Crippen LogP contribution in [0.15, 0.2) is 70.3 Å². The smallest absolute Gasteiger partial charge is 0.273 e. The first-order chi connectivity index (χ1) is 14.4. The fourth-order valence-corrected chi connectivity index (χ4v) is 3.44. The van der Waals surface area contributed by atoms with Gasteiger partial charge in [0.15, 0.2) is 5.13 Å². The van der Waals surface area contributed by atoms with Crippen LogP contribution in [0.3, 0.4) is 0 Å². The van der Waals surface area contributed by atoms with Crippen LogP contribution in [0.4, 0.5) is 5.13 Å². The minimum absolute atomic E-state index is 0.0653. The molecule has 1 aromatic heterocycles. The molecule has 2 N–H and O–H groups in total. The van der Waals surface area contributed by atoms with Crippen LogP contribution in [0.1, 0.15) is 29.8 Å². The molecule has 8 heteroatoms. The van der Waals surface area contributed by atoms with Crippen LogP contribution >= 0.6 is 27.3 Å². The van der Waals surface area contributed by atoms with Gasteiger partial charge in [-0.3, -0.25) is 14.9 Å². The standard InChI is InChI=1S/C22H20BrN3O3S/c1-14(2)29-18-8-6-15(7-9-18)12-19(21(28)26-22-24-10-11-30-22)25-20(27)16-4-3-5-17(23)13-16/h3-14H,1-2H3,(H,25,27)(H,24,26,28)/b19-12-. The number of anilines is 1. The predicted octanol–water partition coefficient (Wildman–Crippen LogP) is 5.10. The van der Waals surface area contributed by atoms with Crippen LogP contribution in [0.25, 0.3) is 6.08 Å². The van der Waals surface area contributed by atoms with Crippen LogP contribution in [-0.4, -0.2) is 22.9 Å². The maximum absolute atomic E-state index is 12.8. The Hall–Kier alpha value is -2.97. The Morgan fingerprint density at radius 1 is 1.17 bits per heavy atom. The number of amides is 2. The van der Waals surface area contributed by atoms with Gasteiger partial charge in [0, 0.05) is 21.6 Å². The van der Waals surface area contributed by atoms with Crippen LogP contribution in [0.5, 0.6) is 5.75 Å². The molecular formula is C22H20BrN3O3S. The van der Waals surface area contributed by atoms with E-state index in [2.05, 4.69) is 31.5 Å². The number of carbonyl (C=O) groups is 2. The summed E-state index contributed by atoms with van der Waals surface area (Å²) in [6.45, 7) is 3.90. The minimum atomic E-state index is -0.462. The Morgan fingerprint density at radius 3 is 2.57 bits per heavy atom. The molecule has 0 aliphatic heterocycles. The average Bonchev–Trinajstić information content (AvgIpc) is 3.21. The lowest BCUT2D eigenvalue weighted by atomic mass is 10.1. The summed E-state index contributed by atoms with van der Waals surface area (Å²) in [5.74, 6) is -0.124. The first-order valence-corrected chi connectivity index (χ1v) is 10.8. The molecule has 2 aromatic carbocycles. The summed E-state index contributed by atoms with van der Waals surface area (Å²) in [5, 5.41) is 7.61. The van der Waals surface area contributed by atoms with Gasteiger partial charge in [-0.05, 0) is 55.8 Å². The molecule has 0 bridgehead atoms. The predicted molar refractivity (Wildman–Crippen MR) is 123 cm³/mol. The number of benzene rings is 2. The molecule has 3 aromatic rings. The number of hydrogen-bond donors (Lipinski definition) is 2. The zero-order valence-electron chi connectivity index (χ0n) is 16.4. The van der Waals surface area contributed by atoms with Crippen molar-refractivity contribution in [2.24, 2.45) is 0 Å². The molecule has 0 saturated carbocycles. The molecule has 6 nitrogen and oxygen atoms in total. The SMILES string of the molecule is CC(C)Oc1ccc(/C=C(\NC(=O)c2cccc(Br)c2)C(=O)Nc2nccs2)cc1. The highest BCUT2D eigenvalue weighted by Crippen LogP contribution is 2.18. The molecule has 2 amide bonds. The van der Waals surface area contributed by atoms with Gasteiger partial charge in [0.05, 0.1) is 6.10 Å². The van der Waals surface area contributed by atoms with Gasteiger partial charge >= 0.3 is 0 Å². The van der Waals surface area contributed by atoms with Gasteiger partial charge in [-0.15, -0.1) is 11.3 Å². The van der Waals surface area contributed by atoms with E-state index in [0.717, 1.165) is 15.8 Å². The first kappa shape index (κ1) is 21.7. The van der Waals surface area contributed by atoms with Crippen LogP contribution < -0.4 is 15.4 Å². The molecule has 0 aliphatic rings. The molecular weight excluding hydrogens is 466 g/mol. The topological polar surface area (TPSA) is 80.3 Å². The van der Waals surface area contributed by atoms with Crippen molar-refractivity contribution in [1.29, 1.82) is 0 Å². The van der Waals surface area contributed by atoms with E-state index in [1.807, 2.05) is 44.2 Å².